The van der Waals surface area contributed by atoms with E-state index in [9.17, 15) is 24.5 Å². The van der Waals surface area contributed by atoms with E-state index in [1.54, 1.807) is 49.4 Å². The maximum absolute atomic E-state index is 13.0. The Labute approximate surface area is 240 Å². The number of amides is 2. The lowest BCUT2D eigenvalue weighted by molar-refractivity contribution is -0.385. The summed E-state index contributed by atoms with van der Waals surface area (Å²) >= 11 is 8.84. The Hall–Kier alpha value is -3.42. The first kappa shape index (κ1) is 27.6. The Morgan fingerprint density at radius 2 is 1.87 bits per heavy atom. The monoisotopic (exact) mass is 664 g/mol. The van der Waals surface area contributed by atoms with Gasteiger partial charge < -0.3 is 9.47 Å². The van der Waals surface area contributed by atoms with Crippen molar-refractivity contribution >= 4 is 74.8 Å². The summed E-state index contributed by atoms with van der Waals surface area (Å²) < 4.78 is 11.8. The van der Waals surface area contributed by atoms with Crippen LogP contribution in [-0.4, -0.2) is 33.5 Å². The topological polar surface area (TPSA) is 116 Å². The normalized spacial score (nSPS) is 14.2. The number of ether oxygens (including phenoxy) is 2. The molecule has 0 atom stereocenters. The maximum Gasteiger partial charge on any atom is 0.345 e. The third-order valence-electron chi connectivity index (χ3n) is 5.31. The van der Waals surface area contributed by atoms with Crippen molar-refractivity contribution in [3.05, 3.63) is 101 Å². The molecule has 12 heteroatoms. The van der Waals surface area contributed by atoms with E-state index in [1.807, 2.05) is 22.6 Å². The number of imide groups is 1. The molecule has 1 aliphatic rings. The van der Waals surface area contributed by atoms with E-state index in [4.69, 9.17) is 21.1 Å². The van der Waals surface area contributed by atoms with Gasteiger partial charge in [0, 0.05) is 11.6 Å². The number of esters is 1. The molecule has 0 aromatic heterocycles. The lowest BCUT2D eigenvalue weighted by atomic mass is 10.1. The van der Waals surface area contributed by atoms with Crippen LogP contribution in [0.5, 0.6) is 11.5 Å². The predicted octanol–water partition coefficient (Wildman–Crippen LogP) is 6.71. The van der Waals surface area contributed by atoms with Crippen LogP contribution >= 0.6 is 46.0 Å². The molecule has 194 valence electrons. The average Bonchev–Trinajstić information content (AvgIpc) is 3.14. The maximum atomic E-state index is 13.0. The van der Waals surface area contributed by atoms with Crippen LogP contribution in [0.25, 0.3) is 6.08 Å². The average molecular weight is 665 g/mol. The van der Waals surface area contributed by atoms with Gasteiger partial charge in [0.15, 0.2) is 11.5 Å². The summed E-state index contributed by atoms with van der Waals surface area (Å²) in [5, 5.41) is 11.0. The van der Waals surface area contributed by atoms with E-state index in [2.05, 4.69) is 0 Å². The van der Waals surface area contributed by atoms with Crippen molar-refractivity contribution in [2.45, 2.75) is 13.5 Å². The summed E-state index contributed by atoms with van der Waals surface area (Å²) in [6.45, 7) is 1.83. The van der Waals surface area contributed by atoms with Crippen molar-refractivity contribution in [3.63, 3.8) is 0 Å². The highest BCUT2D eigenvalue weighted by atomic mass is 127. The van der Waals surface area contributed by atoms with Crippen LogP contribution in [0.3, 0.4) is 0 Å². The minimum absolute atomic E-state index is 0.146. The van der Waals surface area contributed by atoms with Gasteiger partial charge in [-0.2, -0.15) is 0 Å². The third kappa shape index (κ3) is 6.00. The molecule has 3 aromatic carbocycles. The van der Waals surface area contributed by atoms with Gasteiger partial charge >= 0.3 is 5.97 Å². The zero-order chi connectivity index (χ0) is 27.4. The molecule has 0 spiro atoms. The van der Waals surface area contributed by atoms with Crippen LogP contribution in [0.2, 0.25) is 5.02 Å². The number of nitrogens with zero attached hydrogens (tertiary/aromatic N) is 2. The fourth-order valence-electron chi connectivity index (χ4n) is 3.59. The Bertz CT molecular complexity index is 1490. The molecule has 0 unspecified atom stereocenters. The Kier molecular flexibility index (Phi) is 8.69. The molecule has 0 bridgehead atoms. The van der Waals surface area contributed by atoms with E-state index in [1.165, 1.54) is 24.3 Å². The van der Waals surface area contributed by atoms with E-state index in [-0.39, 0.29) is 51.4 Å². The summed E-state index contributed by atoms with van der Waals surface area (Å²) in [7, 11) is 0. The molecule has 4 rings (SSSR count). The molecule has 1 aliphatic heterocycles. The summed E-state index contributed by atoms with van der Waals surface area (Å²) in [5.41, 5.74) is 0.808. The van der Waals surface area contributed by atoms with Crippen LogP contribution in [0.1, 0.15) is 28.4 Å². The number of nitro benzene ring substituents is 1. The smallest absolute Gasteiger partial charge is 0.345 e. The second-order valence-electron chi connectivity index (χ2n) is 7.79. The van der Waals surface area contributed by atoms with E-state index in [0.29, 0.717) is 9.13 Å². The molecule has 1 heterocycles. The van der Waals surface area contributed by atoms with Crippen molar-refractivity contribution < 1.29 is 28.8 Å². The molecular weight excluding hydrogens is 647 g/mol. The minimum atomic E-state index is -0.654. The molecule has 0 N–H and O–H groups in total. The number of hydrogen-bond acceptors (Lipinski definition) is 8. The number of halogens is 2. The van der Waals surface area contributed by atoms with Gasteiger partial charge in [-0.25, -0.2) is 4.79 Å². The SMILES string of the molecule is CCOc1cc(/C=C2\SC(=O)N(Cc3ccccc3[N+](=O)[O-])C2=O)cc(I)c1OC(=O)c1ccccc1Cl. The fourth-order valence-corrected chi connectivity index (χ4v) is 5.38. The molecular formula is C26H18ClIN2O7S. The zero-order valence-corrected chi connectivity index (χ0v) is 23.4. The second-order valence-corrected chi connectivity index (χ2v) is 10.3. The van der Waals surface area contributed by atoms with Crippen LogP contribution in [0.15, 0.2) is 65.6 Å². The molecule has 0 aliphatic carbocycles. The van der Waals surface area contributed by atoms with Crippen molar-refractivity contribution in [1.82, 2.24) is 4.90 Å². The van der Waals surface area contributed by atoms with Gasteiger partial charge in [0.05, 0.1) is 37.1 Å². The third-order valence-corrected chi connectivity index (χ3v) is 7.35. The van der Waals surface area contributed by atoms with Gasteiger partial charge in [-0.1, -0.05) is 41.9 Å². The van der Waals surface area contributed by atoms with Crippen LogP contribution in [0.4, 0.5) is 10.5 Å². The van der Waals surface area contributed by atoms with Crippen molar-refractivity contribution in [2.75, 3.05) is 6.61 Å². The summed E-state index contributed by atoms with van der Waals surface area (Å²) in [4.78, 5) is 50.2. The van der Waals surface area contributed by atoms with Crippen LogP contribution < -0.4 is 9.47 Å². The first-order valence-electron chi connectivity index (χ1n) is 11.1. The lowest BCUT2D eigenvalue weighted by Gasteiger charge is -2.14. The molecule has 0 radical (unpaired) electrons. The molecule has 9 nitrogen and oxygen atoms in total. The molecule has 38 heavy (non-hydrogen) atoms. The number of carbonyl (C=O) groups excluding carboxylic acids is 3. The molecule has 1 saturated heterocycles. The van der Waals surface area contributed by atoms with Gasteiger partial charge in [0.25, 0.3) is 16.8 Å². The Balaban J connectivity index is 1.61. The fraction of sp³-hybridized carbons (Fsp3) is 0.115. The van der Waals surface area contributed by atoms with Gasteiger partial charge in [-0.15, -0.1) is 0 Å². The number of rotatable bonds is 8. The van der Waals surface area contributed by atoms with Crippen LogP contribution in [-0.2, 0) is 11.3 Å². The van der Waals surface area contributed by atoms with E-state index < -0.39 is 22.0 Å². The summed E-state index contributed by atoms with van der Waals surface area (Å²) in [5.74, 6) is -0.761. The molecule has 3 aromatic rings. The standard InChI is InChI=1S/C26H18ClIN2O7S/c1-2-36-21-12-15(11-19(28)23(21)37-25(32)17-8-4-5-9-18(17)27)13-22-24(31)29(26(33)38-22)14-16-7-3-6-10-20(16)30(34)35/h3-13H,2,14H2,1H3/b22-13-. The highest BCUT2D eigenvalue weighted by molar-refractivity contribution is 14.1. The summed E-state index contributed by atoms with van der Waals surface area (Å²) in [6, 6.07) is 15.7. The Morgan fingerprint density at radius 3 is 2.58 bits per heavy atom. The molecule has 0 saturated carbocycles. The molecule has 1 fully saturated rings. The zero-order valence-electron chi connectivity index (χ0n) is 19.7. The van der Waals surface area contributed by atoms with E-state index in [0.717, 1.165) is 16.7 Å². The Morgan fingerprint density at radius 1 is 1.16 bits per heavy atom. The van der Waals surface area contributed by atoms with Gasteiger partial charge in [-0.3, -0.25) is 24.6 Å². The van der Waals surface area contributed by atoms with Gasteiger partial charge in [0.1, 0.15) is 0 Å². The summed E-state index contributed by atoms with van der Waals surface area (Å²) in [6.07, 6.45) is 1.52. The second kappa shape index (κ2) is 12.0. The largest absolute Gasteiger partial charge is 0.490 e. The number of thioether (sulfide) groups is 1. The highest BCUT2D eigenvalue weighted by Gasteiger charge is 2.36. The minimum Gasteiger partial charge on any atom is -0.490 e. The number of nitro groups is 1. The lowest BCUT2D eigenvalue weighted by Crippen LogP contribution is -2.27. The van der Waals surface area contributed by atoms with Crippen molar-refractivity contribution in [2.24, 2.45) is 0 Å². The number of carbonyl (C=O) groups is 3. The van der Waals surface area contributed by atoms with Crippen molar-refractivity contribution in [3.8, 4) is 11.5 Å². The van der Waals surface area contributed by atoms with Crippen LogP contribution in [0, 0.1) is 13.7 Å². The first-order valence-corrected chi connectivity index (χ1v) is 13.4. The highest BCUT2D eigenvalue weighted by Crippen LogP contribution is 2.39. The quantitative estimate of drug-likeness (QED) is 0.0652. The van der Waals surface area contributed by atoms with Crippen molar-refractivity contribution in [1.29, 1.82) is 0 Å². The van der Waals surface area contributed by atoms with E-state index >= 15 is 0 Å². The number of para-hydroxylation sites is 1. The first-order chi connectivity index (χ1) is 18.2. The number of hydrogen-bond donors (Lipinski definition) is 0. The predicted molar refractivity (Wildman–Crippen MR) is 151 cm³/mol. The van der Waals surface area contributed by atoms with Gasteiger partial charge in [0.2, 0.25) is 0 Å². The van der Waals surface area contributed by atoms with Gasteiger partial charge in [-0.05, 0) is 77.2 Å². The molecule has 2 amide bonds. The number of benzene rings is 3.